The Hall–Kier alpha value is -2.34. The van der Waals surface area contributed by atoms with Gasteiger partial charge in [-0.2, -0.15) is 0 Å². The fourth-order valence-corrected chi connectivity index (χ4v) is 3.19. The summed E-state index contributed by atoms with van der Waals surface area (Å²) in [6, 6.07) is 20.0. The van der Waals surface area contributed by atoms with E-state index in [1.807, 2.05) is 74.5 Å². The minimum atomic E-state index is -0.701. The molecule has 0 N–H and O–H groups in total. The van der Waals surface area contributed by atoms with Crippen molar-refractivity contribution in [3.05, 3.63) is 83.3 Å². The van der Waals surface area contributed by atoms with Crippen LogP contribution in [0.4, 0.5) is 0 Å². The van der Waals surface area contributed by atoms with Gasteiger partial charge in [-0.05, 0) is 25.0 Å². The van der Waals surface area contributed by atoms with Crippen LogP contribution in [0.5, 0.6) is 0 Å². The topological polar surface area (TPSA) is 46.2 Å². The molecule has 2 atom stereocenters. The minimum Gasteiger partial charge on any atom is -0.487 e. The molecular weight excluding hydrogens is 344 g/mol. The molecule has 0 radical (unpaired) electrons. The average molecular weight is 368 g/mol. The highest BCUT2D eigenvalue weighted by Crippen LogP contribution is 2.40. The number of ether oxygens (including phenoxy) is 5. The molecule has 2 aromatic rings. The van der Waals surface area contributed by atoms with Gasteiger partial charge >= 0.3 is 0 Å². The number of benzene rings is 2. The first-order valence-corrected chi connectivity index (χ1v) is 9.14. The van der Waals surface area contributed by atoms with Gasteiger partial charge in [0.05, 0.1) is 6.61 Å². The maximum atomic E-state index is 6.08. The third kappa shape index (κ3) is 4.33. The highest BCUT2D eigenvalue weighted by atomic mass is 16.8. The molecule has 27 heavy (non-hydrogen) atoms. The van der Waals surface area contributed by atoms with Crippen molar-refractivity contribution in [2.75, 3.05) is 6.61 Å². The van der Waals surface area contributed by atoms with Gasteiger partial charge in [0.15, 0.2) is 23.4 Å². The van der Waals surface area contributed by atoms with Crippen molar-refractivity contribution in [1.82, 2.24) is 0 Å². The van der Waals surface area contributed by atoms with Crippen LogP contribution in [-0.4, -0.2) is 24.8 Å². The van der Waals surface area contributed by atoms with Crippen molar-refractivity contribution < 1.29 is 23.7 Å². The van der Waals surface area contributed by atoms with E-state index < -0.39 is 12.1 Å². The van der Waals surface area contributed by atoms with E-state index in [0.717, 1.165) is 11.1 Å². The monoisotopic (exact) mass is 368 g/mol. The molecule has 1 fully saturated rings. The van der Waals surface area contributed by atoms with E-state index >= 15 is 0 Å². The van der Waals surface area contributed by atoms with Crippen LogP contribution in [0.25, 0.3) is 0 Å². The molecule has 0 saturated carbocycles. The van der Waals surface area contributed by atoms with E-state index in [4.69, 9.17) is 23.7 Å². The van der Waals surface area contributed by atoms with Crippen LogP contribution in [0.2, 0.25) is 0 Å². The van der Waals surface area contributed by atoms with Crippen LogP contribution in [0.3, 0.4) is 0 Å². The fourth-order valence-electron chi connectivity index (χ4n) is 3.19. The third-order valence-corrected chi connectivity index (χ3v) is 4.43. The predicted octanol–water partition coefficient (Wildman–Crippen LogP) is 4.14. The van der Waals surface area contributed by atoms with Gasteiger partial charge in [-0.15, -0.1) is 0 Å². The zero-order valence-electron chi connectivity index (χ0n) is 15.6. The lowest BCUT2D eigenvalue weighted by Gasteiger charge is -2.19. The van der Waals surface area contributed by atoms with Crippen LogP contribution in [-0.2, 0) is 36.9 Å². The van der Waals surface area contributed by atoms with Crippen LogP contribution in [0, 0.1) is 0 Å². The van der Waals surface area contributed by atoms with E-state index in [1.165, 1.54) is 0 Å². The second-order valence-corrected chi connectivity index (χ2v) is 7.08. The van der Waals surface area contributed by atoms with Crippen molar-refractivity contribution in [3.63, 3.8) is 0 Å². The lowest BCUT2D eigenvalue weighted by molar-refractivity contribution is -0.185. The summed E-state index contributed by atoms with van der Waals surface area (Å²) in [5, 5.41) is 0. The molecule has 0 aromatic heterocycles. The molecule has 142 valence electrons. The van der Waals surface area contributed by atoms with Crippen molar-refractivity contribution in [3.8, 4) is 0 Å². The molecule has 2 aliphatic rings. The molecule has 5 heteroatoms. The normalized spacial score (nSPS) is 23.2. The lowest BCUT2D eigenvalue weighted by Crippen LogP contribution is -2.23. The van der Waals surface area contributed by atoms with Gasteiger partial charge in [-0.1, -0.05) is 60.7 Å². The van der Waals surface area contributed by atoms with E-state index in [-0.39, 0.29) is 6.10 Å². The van der Waals surface area contributed by atoms with Gasteiger partial charge in [0.25, 0.3) is 0 Å². The zero-order chi connectivity index (χ0) is 18.7. The van der Waals surface area contributed by atoms with Crippen molar-refractivity contribution in [1.29, 1.82) is 0 Å². The van der Waals surface area contributed by atoms with Gasteiger partial charge in [0.1, 0.15) is 13.2 Å². The summed E-state index contributed by atoms with van der Waals surface area (Å²) in [6.45, 7) is 4.99. The molecule has 5 nitrogen and oxygen atoms in total. The Morgan fingerprint density at radius 3 is 2.11 bits per heavy atom. The number of rotatable bonds is 7. The Morgan fingerprint density at radius 2 is 1.44 bits per heavy atom. The van der Waals surface area contributed by atoms with Crippen molar-refractivity contribution in [2.24, 2.45) is 0 Å². The SMILES string of the molecule is CC1(C)OC2C(OCc3ccccc3)=C(COCc3ccccc3)O[C@H]2O1. The standard InChI is InChI=1S/C22H24O5/c1-22(2)26-20-19(24-14-17-11-7-4-8-12-17)18(25-21(20)27-22)15-23-13-16-9-5-3-6-10-16/h3-12,20-21H,13-15H2,1-2H3/t20?,21-/m0/s1. The van der Waals surface area contributed by atoms with E-state index in [1.54, 1.807) is 0 Å². The quantitative estimate of drug-likeness (QED) is 0.735. The van der Waals surface area contributed by atoms with Gasteiger partial charge in [0, 0.05) is 0 Å². The van der Waals surface area contributed by atoms with Crippen LogP contribution in [0.15, 0.2) is 72.2 Å². The van der Waals surface area contributed by atoms with E-state index in [2.05, 4.69) is 0 Å². The summed E-state index contributed by atoms with van der Waals surface area (Å²) in [7, 11) is 0. The fraction of sp³-hybridized carbons (Fsp3) is 0.364. The number of fused-ring (bicyclic) bond motifs is 1. The first-order chi connectivity index (χ1) is 13.1. The lowest BCUT2D eigenvalue weighted by atomic mass is 10.2. The maximum absolute atomic E-state index is 6.08. The number of hydrogen-bond donors (Lipinski definition) is 0. The Labute approximate surface area is 159 Å². The highest BCUT2D eigenvalue weighted by Gasteiger charge is 2.51. The summed E-state index contributed by atoms with van der Waals surface area (Å²) >= 11 is 0. The minimum absolute atomic E-state index is 0.305. The van der Waals surface area contributed by atoms with Gasteiger partial charge in [0.2, 0.25) is 6.29 Å². The summed E-state index contributed by atoms with van der Waals surface area (Å²) in [5.41, 5.74) is 2.19. The highest BCUT2D eigenvalue weighted by molar-refractivity contribution is 5.19. The van der Waals surface area contributed by atoms with Gasteiger partial charge in [-0.25, -0.2) is 0 Å². The molecule has 2 heterocycles. The Morgan fingerprint density at radius 1 is 0.815 bits per heavy atom. The molecule has 1 unspecified atom stereocenters. The van der Waals surface area contributed by atoms with E-state index in [0.29, 0.717) is 31.3 Å². The average Bonchev–Trinajstić information content (AvgIpc) is 3.13. The van der Waals surface area contributed by atoms with Crippen molar-refractivity contribution >= 4 is 0 Å². The third-order valence-electron chi connectivity index (χ3n) is 4.43. The first-order valence-electron chi connectivity index (χ1n) is 9.14. The molecule has 1 saturated heterocycles. The Kier molecular flexibility index (Phi) is 5.16. The Balaban J connectivity index is 1.44. The molecule has 2 aliphatic heterocycles. The summed E-state index contributed by atoms with van der Waals surface area (Å²) in [5.74, 6) is 0.586. The molecule has 2 aromatic carbocycles. The number of hydrogen-bond acceptors (Lipinski definition) is 5. The molecule has 0 spiro atoms. The molecule has 0 aliphatic carbocycles. The van der Waals surface area contributed by atoms with Crippen LogP contribution in [0.1, 0.15) is 25.0 Å². The second-order valence-electron chi connectivity index (χ2n) is 7.08. The Bertz CT molecular complexity index is 785. The summed E-state index contributed by atoms with van der Waals surface area (Å²) in [4.78, 5) is 0. The molecule has 0 bridgehead atoms. The van der Waals surface area contributed by atoms with Gasteiger partial charge in [-0.3, -0.25) is 0 Å². The first kappa shape index (κ1) is 18.0. The van der Waals surface area contributed by atoms with Crippen LogP contribution < -0.4 is 0 Å². The van der Waals surface area contributed by atoms with Crippen LogP contribution >= 0.6 is 0 Å². The van der Waals surface area contributed by atoms with Gasteiger partial charge < -0.3 is 23.7 Å². The molecule has 4 rings (SSSR count). The van der Waals surface area contributed by atoms with E-state index in [9.17, 15) is 0 Å². The second kappa shape index (κ2) is 7.72. The molecule has 0 amide bonds. The van der Waals surface area contributed by atoms with Crippen molar-refractivity contribution in [2.45, 2.75) is 45.2 Å². The molecular formula is C22H24O5. The maximum Gasteiger partial charge on any atom is 0.236 e. The largest absolute Gasteiger partial charge is 0.487 e. The summed E-state index contributed by atoms with van der Waals surface area (Å²) < 4.78 is 29.7. The predicted molar refractivity (Wildman–Crippen MR) is 99.3 cm³/mol. The smallest absolute Gasteiger partial charge is 0.236 e. The summed E-state index contributed by atoms with van der Waals surface area (Å²) in [6.07, 6.45) is -0.875. The zero-order valence-corrected chi connectivity index (χ0v) is 15.6.